The quantitative estimate of drug-likeness (QED) is 0.887. The van der Waals surface area contributed by atoms with E-state index in [1.807, 2.05) is 0 Å². The Morgan fingerprint density at radius 1 is 1.25 bits per heavy atom. The van der Waals surface area contributed by atoms with Crippen LogP contribution in [0.15, 0.2) is 30.5 Å². The van der Waals surface area contributed by atoms with Crippen LogP contribution in [-0.2, 0) is 6.54 Å². The predicted molar refractivity (Wildman–Crippen MR) is 70.5 cm³/mol. The third kappa shape index (κ3) is 3.00. The molecule has 104 valence electrons. The van der Waals surface area contributed by atoms with E-state index in [1.54, 1.807) is 43.2 Å². The van der Waals surface area contributed by atoms with E-state index in [0.717, 1.165) is 0 Å². The number of hydrogen-bond donors (Lipinski definition) is 1. The van der Waals surface area contributed by atoms with Crippen molar-refractivity contribution in [1.82, 2.24) is 19.7 Å². The fraction of sp³-hybridized carbons (Fsp3) is 0.231. The first-order chi connectivity index (χ1) is 9.47. The van der Waals surface area contributed by atoms with Gasteiger partial charge < -0.3 is 10.0 Å². The SMILES string of the molecule is CN(C)C(=O)c1ccn(Cc2cccc(C(=O)O)n2)n1. The Bertz CT molecular complexity index is 649. The second-order valence-corrected chi connectivity index (χ2v) is 4.42. The minimum absolute atomic E-state index is 0.0146. The summed E-state index contributed by atoms with van der Waals surface area (Å²) in [6.07, 6.45) is 1.66. The molecule has 1 N–H and O–H groups in total. The number of nitrogens with zero attached hydrogens (tertiary/aromatic N) is 4. The molecule has 0 aliphatic heterocycles. The molecule has 2 rings (SSSR count). The van der Waals surface area contributed by atoms with Crippen LogP contribution in [0.1, 0.15) is 26.7 Å². The van der Waals surface area contributed by atoms with Gasteiger partial charge in [-0.3, -0.25) is 9.48 Å². The second-order valence-electron chi connectivity index (χ2n) is 4.42. The Kier molecular flexibility index (Phi) is 3.79. The molecular weight excluding hydrogens is 260 g/mol. The zero-order valence-electron chi connectivity index (χ0n) is 11.1. The molecule has 0 atom stereocenters. The number of hydrogen-bond acceptors (Lipinski definition) is 4. The van der Waals surface area contributed by atoms with Crippen molar-refractivity contribution in [2.24, 2.45) is 0 Å². The molecule has 0 spiro atoms. The smallest absolute Gasteiger partial charge is 0.354 e. The molecule has 7 nitrogen and oxygen atoms in total. The molecule has 2 heterocycles. The van der Waals surface area contributed by atoms with Gasteiger partial charge in [-0.2, -0.15) is 5.10 Å². The molecule has 0 aromatic carbocycles. The van der Waals surface area contributed by atoms with Crippen molar-refractivity contribution in [2.75, 3.05) is 14.1 Å². The van der Waals surface area contributed by atoms with Crippen LogP contribution < -0.4 is 0 Å². The predicted octanol–water partition coefficient (Wildman–Crippen LogP) is 0.726. The molecule has 2 aromatic heterocycles. The van der Waals surface area contributed by atoms with Crippen molar-refractivity contribution < 1.29 is 14.7 Å². The number of carbonyl (C=O) groups is 2. The highest BCUT2D eigenvalue weighted by molar-refractivity contribution is 5.91. The molecule has 7 heteroatoms. The molecule has 2 aromatic rings. The Labute approximate surface area is 115 Å². The molecule has 1 amide bonds. The lowest BCUT2D eigenvalue weighted by molar-refractivity contribution is 0.0689. The summed E-state index contributed by atoms with van der Waals surface area (Å²) < 4.78 is 1.55. The van der Waals surface area contributed by atoms with Gasteiger partial charge in [0, 0.05) is 20.3 Å². The summed E-state index contributed by atoms with van der Waals surface area (Å²) in [5.74, 6) is -1.26. The largest absolute Gasteiger partial charge is 0.477 e. The van der Waals surface area contributed by atoms with Crippen LogP contribution in [0.25, 0.3) is 0 Å². The first kappa shape index (κ1) is 13.7. The summed E-state index contributed by atoms with van der Waals surface area (Å²) in [5.41, 5.74) is 0.889. The molecule has 0 fully saturated rings. The maximum absolute atomic E-state index is 11.7. The Morgan fingerprint density at radius 2 is 2.00 bits per heavy atom. The van der Waals surface area contributed by atoms with E-state index in [9.17, 15) is 9.59 Å². The minimum atomic E-state index is -1.07. The average Bonchev–Trinajstić information content (AvgIpc) is 2.86. The zero-order valence-corrected chi connectivity index (χ0v) is 11.1. The highest BCUT2D eigenvalue weighted by atomic mass is 16.4. The van der Waals surface area contributed by atoms with Gasteiger partial charge in [0.1, 0.15) is 11.4 Å². The molecule has 0 aliphatic rings. The van der Waals surface area contributed by atoms with E-state index < -0.39 is 5.97 Å². The van der Waals surface area contributed by atoms with Gasteiger partial charge >= 0.3 is 5.97 Å². The monoisotopic (exact) mass is 274 g/mol. The van der Waals surface area contributed by atoms with E-state index in [4.69, 9.17) is 5.11 Å². The van der Waals surface area contributed by atoms with Gasteiger partial charge in [-0.15, -0.1) is 0 Å². The van der Waals surface area contributed by atoms with Crippen molar-refractivity contribution in [1.29, 1.82) is 0 Å². The first-order valence-corrected chi connectivity index (χ1v) is 5.91. The summed E-state index contributed by atoms with van der Waals surface area (Å²) in [5, 5.41) is 13.0. The highest BCUT2D eigenvalue weighted by Gasteiger charge is 2.12. The number of carboxylic acids is 1. The lowest BCUT2D eigenvalue weighted by Gasteiger charge is -2.07. The van der Waals surface area contributed by atoms with E-state index in [0.29, 0.717) is 17.9 Å². The van der Waals surface area contributed by atoms with Gasteiger partial charge in [-0.1, -0.05) is 6.07 Å². The summed E-state index contributed by atoms with van der Waals surface area (Å²) in [6.45, 7) is 0.307. The summed E-state index contributed by atoms with van der Waals surface area (Å²) in [6, 6.07) is 6.38. The Balaban J connectivity index is 2.16. The molecule has 0 aliphatic carbocycles. The molecule has 0 radical (unpaired) electrons. The number of amides is 1. The average molecular weight is 274 g/mol. The van der Waals surface area contributed by atoms with Crippen LogP contribution in [0, 0.1) is 0 Å². The van der Waals surface area contributed by atoms with E-state index in [-0.39, 0.29) is 11.6 Å². The second kappa shape index (κ2) is 5.52. The van der Waals surface area contributed by atoms with E-state index in [2.05, 4.69) is 10.1 Å². The van der Waals surface area contributed by atoms with Crippen LogP contribution in [0.4, 0.5) is 0 Å². The standard InChI is InChI=1S/C13H14N4O3/c1-16(2)12(18)10-6-7-17(15-10)8-9-4-3-5-11(14-9)13(19)20/h3-7H,8H2,1-2H3,(H,19,20). The van der Waals surface area contributed by atoms with Crippen LogP contribution in [0.5, 0.6) is 0 Å². The number of pyridine rings is 1. The summed E-state index contributed by atoms with van der Waals surface area (Å²) >= 11 is 0. The van der Waals surface area contributed by atoms with E-state index >= 15 is 0 Å². The van der Waals surface area contributed by atoms with Crippen LogP contribution in [-0.4, -0.2) is 50.7 Å². The molecular formula is C13H14N4O3. The topological polar surface area (TPSA) is 88.3 Å². The van der Waals surface area contributed by atoms with Crippen LogP contribution in [0.2, 0.25) is 0 Å². The van der Waals surface area contributed by atoms with Gasteiger partial charge in [0.25, 0.3) is 5.91 Å². The van der Waals surface area contributed by atoms with Crippen molar-refractivity contribution in [2.45, 2.75) is 6.54 Å². The lowest BCUT2D eigenvalue weighted by Crippen LogP contribution is -2.22. The third-order valence-electron chi connectivity index (χ3n) is 2.62. The molecule has 0 saturated heterocycles. The van der Waals surface area contributed by atoms with Gasteiger partial charge in [-0.25, -0.2) is 9.78 Å². The minimum Gasteiger partial charge on any atom is -0.477 e. The maximum Gasteiger partial charge on any atom is 0.354 e. The normalized spacial score (nSPS) is 10.3. The van der Waals surface area contributed by atoms with Gasteiger partial charge in [0.15, 0.2) is 0 Å². The van der Waals surface area contributed by atoms with Gasteiger partial charge in [0.05, 0.1) is 12.2 Å². The summed E-state index contributed by atoms with van der Waals surface area (Å²) in [7, 11) is 3.30. The number of rotatable bonds is 4. The van der Waals surface area contributed by atoms with Crippen molar-refractivity contribution in [3.05, 3.63) is 47.5 Å². The van der Waals surface area contributed by atoms with Crippen molar-refractivity contribution >= 4 is 11.9 Å². The number of aromatic nitrogens is 3. The number of aromatic carboxylic acids is 1. The van der Waals surface area contributed by atoms with Crippen LogP contribution in [0.3, 0.4) is 0 Å². The summed E-state index contributed by atoms with van der Waals surface area (Å²) in [4.78, 5) is 28.0. The highest BCUT2D eigenvalue weighted by Crippen LogP contribution is 2.04. The first-order valence-electron chi connectivity index (χ1n) is 5.91. The van der Waals surface area contributed by atoms with Gasteiger partial charge in [0.2, 0.25) is 0 Å². The Hall–Kier alpha value is -2.70. The number of carbonyl (C=O) groups excluding carboxylic acids is 1. The van der Waals surface area contributed by atoms with Gasteiger partial charge in [-0.05, 0) is 18.2 Å². The molecule has 0 saturated carbocycles. The number of carboxylic acid groups (broad SMARTS) is 1. The maximum atomic E-state index is 11.7. The Morgan fingerprint density at radius 3 is 2.65 bits per heavy atom. The van der Waals surface area contributed by atoms with Crippen molar-refractivity contribution in [3.63, 3.8) is 0 Å². The fourth-order valence-corrected chi connectivity index (χ4v) is 1.65. The zero-order chi connectivity index (χ0) is 14.7. The van der Waals surface area contributed by atoms with Crippen LogP contribution >= 0.6 is 0 Å². The van der Waals surface area contributed by atoms with E-state index in [1.165, 1.54) is 11.0 Å². The molecule has 0 bridgehead atoms. The lowest BCUT2D eigenvalue weighted by atomic mass is 10.3. The fourth-order valence-electron chi connectivity index (χ4n) is 1.65. The van der Waals surface area contributed by atoms with Crippen molar-refractivity contribution in [3.8, 4) is 0 Å². The third-order valence-corrected chi connectivity index (χ3v) is 2.62. The molecule has 20 heavy (non-hydrogen) atoms. The molecule has 0 unspecified atom stereocenters.